The van der Waals surface area contributed by atoms with Gasteiger partial charge in [0.25, 0.3) is 0 Å². The Hall–Kier alpha value is -1.00. The van der Waals surface area contributed by atoms with E-state index in [-0.39, 0.29) is 5.78 Å². The summed E-state index contributed by atoms with van der Waals surface area (Å²) in [6, 6.07) is 6.34. The fraction of sp³-hybridized carbons (Fsp3) is 0.0909. The summed E-state index contributed by atoms with van der Waals surface area (Å²) in [5.74, 6) is 0.0336. The molecule has 2 aliphatic carbocycles. The summed E-state index contributed by atoms with van der Waals surface area (Å²) < 4.78 is 1.25. The number of nitrogens with zero attached hydrogens (tertiary/aromatic N) is 1. The summed E-state index contributed by atoms with van der Waals surface area (Å²) in [4.78, 5) is 14.2. The van der Waals surface area contributed by atoms with E-state index >= 15 is 0 Å². The fourth-order valence-corrected chi connectivity index (χ4v) is 2.33. The summed E-state index contributed by atoms with van der Waals surface area (Å²) in [6.07, 6.45) is 0. The number of hydrogen-bond donors (Lipinski definition) is 0. The van der Waals surface area contributed by atoms with Gasteiger partial charge in [0.1, 0.15) is 5.69 Å². The van der Waals surface area contributed by atoms with E-state index in [9.17, 15) is 4.79 Å². The van der Waals surface area contributed by atoms with Crippen LogP contribution in [-0.2, 0) is 0 Å². The lowest BCUT2D eigenvalue weighted by Crippen LogP contribution is -1.89. The van der Waals surface area contributed by atoms with Crippen molar-refractivity contribution in [3.05, 3.63) is 49.7 Å². The molecule has 0 unspecified atom stereocenters. The topological polar surface area (TPSA) is 30.0 Å². The highest BCUT2D eigenvalue weighted by Gasteiger charge is 1.99. The standard InChI is InChI=1S/C6H3Br.C5H5NOS/c7-6-3-4-1-2-5(4)6;1-4(7)5-2-8-3-6-5/h1-3H;2-3H,1H3. The Labute approximate surface area is 99.4 Å². The van der Waals surface area contributed by atoms with E-state index in [1.807, 2.05) is 0 Å². The normalized spacial score (nSPS) is 10.3. The molecule has 1 heterocycles. The molecule has 0 saturated heterocycles. The van der Waals surface area contributed by atoms with Crippen LogP contribution >= 0.6 is 27.3 Å². The Kier molecular flexibility index (Phi) is 2.98. The zero-order chi connectivity index (χ0) is 10.8. The summed E-state index contributed by atoms with van der Waals surface area (Å²) in [6.45, 7) is 1.51. The van der Waals surface area contributed by atoms with Gasteiger partial charge in [0.2, 0.25) is 0 Å². The average molecular weight is 282 g/mol. The molecule has 2 nitrogen and oxygen atoms in total. The van der Waals surface area contributed by atoms with E-state index in [0.29, 0.717) is 5.69 Å². The second-order valence-corrected chi connectivity index (χ2v) is 4.70. The summed E-state index contributed by atoms with van der Waals surface area (Å²) in [7, 11) is 0. The molecule has 0 aliphatic heterocycles. The number of carbonyl (C=O) groups excluding carboxylic acids is 1. The lowest BCUT2D eigenvalue weighted by Gasteiger charge is -2.02. The second kappa shape index (κ2) is 4.24. The molecule has 0 spiro atoms. The molecule has 3 rings (SSSR count). The van der Waals surface area contributed by atoms with Gasteiger partial charge < -0.3 is 0 Å². The first kappa shape index (κ1) is 10.5. The van der Waals surface area contributed by atoms with Gasteiger partial charge in [-0.1, -0.05) is 28.1 Å². The number of halogens is 1. The lowest BCUT2D eigenvalue weighted by atomic mass is 10.1. The highest BCUT2D eigenvalue weighted by atomic mass is 79.9. The van der Waals surface area contributed by atoms with Crippen molar-refractivity contribution in [3.63, 3.8) is 0 Å². The Morgan fingerprint density at radius 2 is 2.27 bits per heavy atom. The van der Waals surface area contributed by atoms with Gasteiger partial charge in [-0.2, -0.15) is 0 Å². The lowest BCUT2D eigenvalue weighted by molar-refractivity contribution is 0.101. The van der Waals surface area contributed by atoms with Gasteiger partial charge >= 0.3 is 0 Å². The average Bonchev–Trinajstić information content (AvgIpc) is 2.67. The first-order chi connectivity index (χ1) is 7.18. The van der Waals surface area contributed by atoms with Gasteiger partial charge in [-0.15, -0.1) is 11.3 Å². The fourth-order valence-electron chi connectivity index (χ4n) is 1.13. The molecule has 0 saturated carbocycles. The van der Waals surface area contributed by atoms with Gasteiger partial charge in [0.05, 0.1) is 5.51 Å². The summed E-state index contributed by atoms with van der Waals surface area (Å²) in [5.41, 5.74) is 2.21. The maximum Gasteiger partial charge on any atom is 0.178 e. The molecular weight excluding hydrogens is 274 g/mol. The molecule has 2 aliphatic rings. The second-order valence-electron chi connectivity index (χ2n) is 3.12. The van der Waals surface area contributed by atoms with Crippen molar-refractivity contribution in [2.45, 2.75) is 6.92 Å². The Morgan fingerprint density at radius 1 is 1.47 bits per heavy atom. The summed E-state index contributed by atoms with van der Waals surface area (Å²) >= 11 is 4.81. The molecule has 1 aromatic rings. The van der Waals surface area contributed by atoms with E-state index in [2.05, 4.69) is 39.1 Å². The number of aromatic nitrogens is 1. The SMILES string of the molecule is Brc1cc2ccc1=2.CC(=O)c1cscn1. The van der Waals surface area contributed by atoms with Crippen molar-refractivity contribution in [3.8, 4) is 0 Å². The van der Waals surface area contributed by atoms with E-state index < -0.39 is 0 Å². The zero-order valence-electron chi connectivity index (χ0n) is 8.03. The molecule has 0 bridgehead atoms. The Bertz CT molecular complexity index is 577. The van der Waals surface area contributed by atoms with Crippen molar-refractivity contribution in [2.75, 3.05) is 0 Å². The number of Topliss-reactive ketones (excluding diaryl/α,β-unsaturated/α-hetero) is 1. The predicted molar refractivity (Wildman–Crippen MR) is 63.9 cm³/mol. The highest BCUT2D eigenvalue weighted by molar-refractivity contribution is 9.10. The quantitative estimate of drug-likeness (QED) is 0.640. The van der Waals surface area contributed by atoms with Crippen LogP contribution in [0.5, 0.6) is 0 Å². The minimum Gasteiger partial charge on any atom is -0.293 e. The minimum absolute atomic E-state index is 0.0336. The molecule has 0 amide bonds. The van der Waals surface area contributed by atoms with Crippen LogP contribution in [0.3, 0.4) is 0 Å². The van der Waals surface area contributed by atoms with Crippen molar-refractivity contribution in [1.82, 2.24) is 4.98 Å². The largest absolute Gasteiger partial charge is 0.293 e. The van der Waals surface area contributed by atoms with Crippen LogP contribution in [0.25, 0.3) is 0 Å². The van der Waals surface area contributed by atoms with Gasteiger partial charge in [0.15, 0.2) is 5.78 Å². The number of carbonyl (C=O) groups is 1. The van der Waals surface area contributed by atoms with Crippen molar-refractivity contribution >= 4 is 33.0 Å². The van der Waals surface area contributed by atoms with E-state index in [4.69, 9.17) is 0 Å². The molecule has 0 aromatic carbocycles. The number of benzene rings is 1. The van der Waals surface area contributed by atoms with Crippen molar-refractivity contribution < 1.29 is 4.79 Å². The molecule has 0 N–H and O–H groups in total. The molecular formula is C11H8BrNOS. The molecule has 0 radical (unpaired) electrons. The predicted octanol–water partition coefficient (Wildman–Crippen LogP) is 3.40. The third-order valence-corrected chi connectivity index (χ3v) is 3.32. The molecule has 15 heavy (non-hydrogen) atoms. The van der Waals surface area contributed by atoms with Crippen molar-refractivity contribution in [2.24, 2.45) is 0 Å². The third kappa shape index (κ3) is 2.16. The molecule has 76 valence electrons. The van der Waals surface area contributed by atoms with Gasteiger partial charge in [-0.3, -0.25) is 4.79 Å². The minimum atomic E-state index is 0.0336. The number of hydrogen-bond acceptors (Lipinski definition) is 3. The number of ketones is 1. The summed E-state index contributed by atoms with van der Waals surface area (Å²) in [5, 5.41) is 4.52. The monoisotopic (exact) mass is 281 g/mol. The maximum absolute atomic E-state index is 10.5. The van der Waals surface area contributed by atoms with Crippen molar-refractivity contribution in [1.29, 1.82) is 0 Å². The first-order valence-corrected chi connectivity index (χ1v) is 6.11. The van der Waals surface area contributed by atoms with Gasteiger partial charge in [0, 0.05) is 16.8 Å². The van der Waals surface area contributed by atoms with Crippen LogP contribution < -0.4 is 0 Å². The molecule has 1 aromatic heterocycles. The van der Waals surface area contributed by atoms with Crippen LogP contribution in [0.15, 0.2) is 33.6 Å². The van der Waals surface area contributed by atoms with Gasteiger partial charge in [-0.05, 0) is 16.5 Å². The molecule has 4 heteroatoms. The van der Waals surface area contributed by atoms with Crippen LogP contribution in [0, 0.1) is 10.4 Å². The van der Waals surface area contributed by atoms with Crippen LogP contribution in [-0.4, -0.2) is 10.8 Å². The van der Waals surface area contributed by atoms with E-state index in [1.165, 1.54) is 33.2 Å². The highest BCUT2D eigenvalue weighted by Crippen LogP contribution is 2.20. The van der Waals surface area contributed by atoms with Gasteiger partial charge in [-0.25, -0.2) is 4.98 Å². The van der Waals surface area contributed by atoms with Crippen LogP contribution in [0.2, 0.25) is 0 Å². The molecule has 0 atom stereocenters. The number of rotatable bonds is 1. The Morgan fingerprint density at radius 3 is 2.40 bits per heavy atom. The molecule has 0 fully saturated rings. The van der Waals surface area contributed by atoms with E-state index in [1.54, 1.807) is 10.9 Å². The van der Waals surface area contributed by atoms with Crippen LogP contribution in [0.1, 0.15) is 17.4 Å². The van der Waals surface area contributed by atoms with Crippen LogP contribution in [0.4, 0.5) is 0 Å². The Balaban J connectivity index is 0.000000114. The number of thiazole rings is 1. The first-order valence-electron chi connectivity index (χ1n) is 4.37. The zero-order valence-corrected chi connectivity index (χ0v) is 10.4. The smallest absolute Gasteiger partial charge is 0.178 e. The third-order valence-electron chi connectivity index (χ3n) is 2.07. The van der Waals surface area contributed by atoms with E-state index in [0.717, 1.165) is 0 Å². The maximum atomic E-state index is 10.5.